The SMILES string of the molecule is CCCCN(Cc1ccccc1)C(=O)N[C@H]1CC(=O)N(c2ccc(C)c(C)c2)C1. The predicted molar refractivity (Wildman–Crippen MR) is 117 cm³/mol. The van der Waals surface area contributed by atoms with Crippen molar-refractivity contribution in [2.75, 3.05) is 18.0 Å². The number of nitrogens with zero attached hydrogens (tertiary/aromatic N) is 2. The third-order valence-corrected chi connectivity index (χ3v) is 5.54. The lowest BCUT2D eigenvalue weighted by molar-refractivity contribution is -0.117. The Labute approximate surface area is 173 Å². The number of hydrogen-bond acceptors (Lipinski definition) is 2. The zero-order valence-corrected chi connectivity index (χ0v) is 17.6. The molecule has 0 radical (unpaired) electrons. The van der Waals surface area contributed by atoms with Crippen LogP contribution in [0.15, 0.2) is 48.5 Å². The summed E-state index contributed by atoms with van der Waals surface area (Å²) in [6.45, 7) is 8.03. The van der Waals surface area contributed by atoms with Crippen LogP contribution in [0.1, 0.15) is 42.9 Å². The highest BCUT2D eigenvalue weighted by molar-refractivity contribution is 5.97. The van der Waals surface area contributed by atoms with Gasteiger partial charge in [0.25, 0.3) is 0 Å². The minimum absolute atomic E-state index is 0.0571. The molecule has 2 aromatic carbocycles. The molecule has 1 aliphatic heterocycles. The molecule has 0 bridgehead atoms. The first-order chi connectivity index (χ1) is 14.0. The summed E-state index contributed by atoms with van der Waals surface area (Å²) in [6.07, 6.45) is 2.32. The number of nitrogens with one attached hydrogen (secondary N) is 1. The zero-order valence-electron chi connectivity index (χ0n) is 17.6. The van der Waals surface area contributed by atoms with Crippen molar-refractivity contribution >= 4 is 17.6 Å². The maximum atomic E-state index is 12.9. The number of carbonyl (C=O) groups excluding carboxylic acids is 2. The Hall–Kier alpha value is -2.82. The maximum Gasteiger partial charge on any atom is 0.317 e. The van der Waals surface area contributed by atoms with Gasteiger partial charge in [0.05, 0.1) is 6.04 Å². The van der Waals surface area contributed by atoms with Gasteiger partial charge in [0.2, 0.25) is 5.91 Å². The largest absolute Gasteiger partial charge is 0.333 e. The molecule has 1 heterocycles. The molecule has 0 unspecified atom stereocenters. The quantitative estimate of drug-likeness (QED) is 0.757. The molecule has 0 spiro atoms. The second-order valence-electron chi connectivity index (χ2n) is 7.88. The van der Waals surface area contributed by atoms with E-state index in [9.17, 15) is 9.59 Å². The molecule has 1 N–H and O–H groups in total. The first kappa shape index (κ1) is 20.9. The molecule has 2 aromatic rings. The lowest BCUT2D eigenvalue weighted by Gasteiger charge is -2.25. The Bertz CT molecular complexity index is 850. The summed E-state index contributed by atoms with van der Waals surface area (Å²) in [6, 6.07) is 15.8. The summed E-state index contributed by atoms with van der Waals surface area (Å²) < 4.78 is 0. The van der Waals surface area contributed by atoms with E-state index in [1.807, 2.05) is 60.4 Å². The van der Waals surface area contributed by atoms with Gasteiger partial charge in [-0.15, -0.1) is 0 Å². The topological polar surface area (TPSA) is 52.7 Å². The number of amides is 3. The van der Waals surface area contributed by atoms with Gasteiger partial charge in [-0.2, -0.15) is 0 Å². The molecular weight excluding hydrogens is 362 g/mol. The van der Waals surface area contributed by atoms with E-state index in [1.165, 1.54) is 5.56 Å². The van der Waals surface area contributed by atoms with Crippen LogP contribution in [-0.2, 0) is 11.3 Å². The number of hydrogen-bond donors (Lipinski definition) is 1. The Morgan fingerprint density at radius 2 is 1.90 bits per heavy atom. The molecule has 3 amide bonds. The summed E-state index contributed by atoms with van der Waals surface area (Å²) in [7, 11) is 0. The number of rotatable bonds is 7. The van der Waals surface area contributed by atoms with Crippen molar-refractivity contribution in [1.29, 1.82) is 0 Å². The average Bonchev–Trinajstić information content (AvgIpc) is 3.08. The predicted octanol–water partition coefficient (Wildman–Crippen LogP) is 4.42. The molecule has 0 saturated carbocycles. The van der Waals surface area contributed by atoms with Gasteiger partial charge in [0.1, 0.15) is 0 Å². The van der Waals surface area contributed by atoms with E-state index in [1.54, 1.807) is 4.90 Å². The van der Waals surface area contributed by atoms with Gasteiger partial charge in [-0.3, -0.25) is 4.79 Å². The van der Waals surface area contributed by atoms with E-state index < -0.39 is 0 Å². The van der Waals surface area contributed by atoms with Crippen LogP contribution in [0.2, 0.25) is 0 Å². The summed E-state index contributed by atoms with van der Waals surface area (Å²) in [5.41, 5.74) is 4.38. The Morgan fingerprint density at radius 1 is 1.14 bits per heavy atom. The average molecular weight is 394 g/mol. The standard InChI is InChI=1S/C24H31N3O2/c1-4-5-13-26(16-20-9-7-6-8-10-20)24(29)25-21-15-23(28)27(17-21)22-12-11-18(2)19(3)14-22/h6-12,14,21H,4-5,13,15-17H2,1-3H3,(H,25,29)/t21-/m0/s1. The van der Waals surface area contributed by atoms with E-state index in [0.29, 0.717) is 26.1 Å². The maximum absolute atomic E-state index is 12.9. The van der Waals surface area contributed by atoms with E-state index in [2.05, 4.69) is 19.2 Å². The van der Waals surface area contributed by atoms with Crippen LogP contribution in [0.5, 0.6) is 0 Å². The van der Waals surface area contributed by atoms with Crippen LogP contribution >= 0.6 is 0 Å². The van der Waals surface area contributed by atoms with Crippen molar-refractivity contribution in [2.45, 2.75) is 52.6 Å². The Balaban J connectivity index is 1.64. The van der Waals surface area contributed by atoms with Crippen molar-refractivity contribution in [3.8, 4) is 0 Å². The Kier molecular flexibility index (Phi) is 6.91. The number of aryl methyl sites for hydroxylation is 2. The molecule has 5 nitrogen and oxygen atoms in total. The molecule has 3 rings (SSSR count). The number of benzene rings is 2. The van der Waals surface area contributed by atoms with Crippen molar-refractivity contribution in [1.82, 2.24) is 10.2 Å². The minimum Gasteiger partial charge on any atom is -0.333 e. The number of carbonyl (C=O) groups is 2. The van der Waals surface area contributed by atoms with Crippen LogP contribution in [0, 0.1) is 13.8 Å². The molecule has 0 aliphatic carbocycles. The number of anilines is 1. The molecule has 1 saturated heterocycles. The van der Waals surface area contributed by atoms with Crippen LogP contribution in [-0.4, -0.2) is 36.0 Å². The van der Waals surface area contributed by atoms with E-state index in [-0.39, 0.29) is 18.0 Å². The number of unbranched alkanes of at least 4 members (excludes halogenated alkanes) is 1. The van der Waals surface area contributed by atoms with E-state index in [4.69, 9.17) is 0 Å². The molecule has 154 valence electrons. The summed E-state index contributed by atoms with van der Waals surface area (Å²) >= 11 is 0. The first-order valence-corrected chi connectivity index (χ1v) is 10.4. The lowest BCUT2D eigenvalue weighted by atomic mass is 10.1. The van der Waals surface area contributed by atoms with Gasteiger partial charge >= 0.3 is 6.03 Å². The van der Waals surface area contributed by atoms with Crippen molar-refractivity contribution < 1.29 is 9.59 Å². The van der Waals surface area contributed by atoms with Crippen LogP contribution in [0.25, 0.3) is 0 Å². The monoisotopic (exact) mass is 393 g/mol. The summed E-state index contributed by atoms with van der Waals surface area (Å²) in [4.78, 5) is 29.1. The van der Waals surface area contributed by atoms with Crippen LogP contribution in [0.4, 0.5) is 10.5 Å². The minimum atomic E-state index is -0.170. The summed E-state index contributed by atoms with van der Waals surface area (Å²) in [5.74, 6) is 0.0571. The highest BCUT2D eigenvalue weighted by Gasteiger charge is 2.32. The second kappa shape index (κ2) is 9.59. The van der Waals surface area contributed by atoms with Gasteiger partial charge < -0.3 is 15.1 Å². The van der Waals surface area contributed by atoms with Gasteiger partial charge in [0, 0.05) is 31.7 Å². The molecule has 1 aliphatic rings. The van der Waals surface area contributed by atoms with Crippen molar-refractivity contribution in [3.05, 3.63) is 65.2 Å². The Morgan fingerprint density at radius 3 is 2.59 bits per heavy atom. The van der Waals surface area contributed by atoms with Crippen LogP contribution < -0.4 is 10.2 Å². The number of urea groups is 1. The molecule has 0 aromatic heterocycles. The highest BCUT2D eigenvalue weighted by atomic mass is 16.2. The fourth-order valence-electron chi connectivity index (χ4n) is 3.62. The molecule has 29 heavy (non-hydrogen) atoms. The van der Waals surface area contributed by atoms with Gasteiger partial charge in [-0.25, -0.2) is 4.79 Å². The fourth-order valence-corrected chi connectivity index (χ4v) is 3.62. The lowest BCUT2D eigenvalue weighted by Crippen LogP contribution is -2.45. The third-order valence-electron chi connectivity index (χ3n) is 5.54. The van der Waals surface area contributed by atoms with Gasteiger partial charge in [-0.1, -0.05) is 49.7 Å². The smallest absolute Gasteiger partial charge is 0.317 e. The first-order valence-electron chi connectivity index (χ1n) is 10.4. The molecule has 5 heteroatoms. The molecule has 1 atom stereocenters. The van der Waals surface area contributed by atoms with Gasteiger partial charge in [0.15, 0.2) is 0 Å². The zero-order chi connectivity index (χ0) is 20.8. The highest BCUT2D eigenvalue weighted by Crippen LogP contribution is 2.24. The van der Waals surface area contributed by atoms with E-state index in [0.717, 1.165) is 29.7 Å². The third kappa shape index (κ3) is 5.37. The molecule has 1 fully saturated rings. The van der Waals surface area contributed by atoms with Crippen LogP contribution in [0.3, 0.4) is 0 Å². The van der Waals surface area contributed by atoms with Crippen molar-refractivity contribution in [2.24, 2.45) is 0 Å². The van der Waals surface area contributed by atoms with Crippen molar-refractivity contribution in [3.63, 3.8) is 0 Å². The van der Waals surface area contributed by atoms with E-state index >= 15 is 0 Å². The second-order valence-corrected chi connectivity index (χ2v) is 7.88. The van der Waals surface area contributed by atoms with Gasteiger partial charge in [-0.05, 0) is 49.1 Å². The molecular formula is C24H31N3O2. The normalized spacial score (nSPS) is 16.2. The summed E-state index contributed by atoms with van der Waals surface area (Å²) in [5, 5.41) is 3.09. The fraction of sp³-hybridized carbons (Fsp3) is 0.417.